The number of nitrogens with zero attached hydrogens (tertiary/aromatic N) is 3. The molecule has 0 unspecified atom stereocenters. The van der Waals surface area contributed by atoms with Crippen molar-refractivity contribution in [1.29, 1.82) is 0 Å². The van der Waals surface area contributed by atoms with Crippen molar-refractivity contribution < 1.29 is 9.26 Å². The number of guanidine groups is 1. The van der Waals surface area contributed by atoms with E-state index in [1.165, 1.54) is 0 Å². The lowest BCUT2D eigenvalue weighted by Gasteiger charge is -2.11. The van der Waals surface area contributed by atoms with E-state index in [2.05, 4.69) is 25.8 Å². The second-order valence-corrected chi connectivity index (χ2v) is 4.51. The molecule has 0 spiro atoms. The lowest BCUT2D eigenvalue weighted by atomic mass is 10.3. The summed E-state index contributed by atoms with van der Waals surface area (Å²) in [5.74, 6) is 2.66. The molecule has 2 rings (SSSR count). The van der Waals surface area contributed by atoms with Gasteiger partial charge in [0.2, 0.25) is 5.89 Å². The summed E-state index contributed by atoms with van der Waals surface area (Å²) in [6.45, 7) is 6.10. The van der Waals surface area contributed by atoms with E-state index in [1.807, 2.05) is 37.3 Å². The van der Waals surface area contributed by atoms with Gasteiger partial charge in [-0.25, -0.2) is 4.99 Å². The van der Waals surface area contributed by atoms with Crippen molar-refractivity contribution in [3.05, 3.63) is 42.0 Å². The fraction of sp³-hybridized carbons (Fsp3) is 0.400. The van der Waals surface area contributed by atoms with Gasteiger partial charge >= 0.3 is 0 Å². The van der Waals surface area contributed by atoms with Crippen LogP contribution in [-0.2, 0) is 6.54 Å². The monoisotopic (exact) mass is 303 g/mol. The number of hydrogen-bond acceptors (Lipinski definition) is 5. The van der Waals surface area contributed by atoms with E-state index in [4.69, 9.17) is 9.26 Å². The molecule has 0 bridgehead atoms. The molecule has 1 aromatic heterocycles. The molecule has 0 aliphatic rings. The molecule has 0 amide bonds. The minimum Gasteiger partial charge on any atom is -0.492 e. The molecule has 0 aliphatic carbocycles. The number of aryl methyl sites for hydroxylation is 1. The standard InChI is InChI=1S/C15H21N5O2/c1-3-16-15(18-11-14-19-12(2)22-20-14)17-9-10-21-13-7-5-4-6-8-13/h4-8H,3,9-11H2,1-2H3,(H2,16,17,18). The van der Waals surface area contributed by atoms with Crippen LogP contribution in [0.2, 0.25) is 0 Å². The lowest BCUT2D eigenvalue weighted by molar-refractivity contribution is 0.322. The molecular formula is C15H21N5O2. The molecule has 7 heteroatoms. The third-order valence-corrected chi connectivity index (χ3v) is 2.70. The van der Waals surface area contributed by atoms with Crippen LogP contribution in [0.4, 0.5) is 0 Å². The quantitative estimate of drug-likeness (QED) is 0.458. The fourth-order valence-corrected chi connectivity index (χ4v) is 1.75. The van der Waals surface area contributed by atoms with Gasteiger partial charge in [0.05, 0.1) is 6.54 Å². The molecule has 1 aromatic carbocycles. The Balaban J connectivity index is 1.76. The summed E-state index contributed by atoms with van der Waals surface area (Å²) in [5.41, 5.74) is 0. The normalized spacial score (nSPS) is 11.3. The fourth-order valence-electron chi connectivity index (χ4n) is 1.75. The third kappa shape index (κ3) is 5.43. The molecule has 2 N–H and O–H groups in total. The minimum atomic E-state index is 0.367. The van der Waals surface area contributed by atoms with Crippen molar-refractivity contribution >= 4 is 5.96 Å². The predicted molar refractivity (Wildman–Crippen MR) is 83.8 cm³/mol. The maximum atomic E-state index is 5.62. The van der Waals surface area contributed by atoms with Crippen LogP contribution in [0.15, 0.2) is 39.8 Å². The first-order valence-corrected chi connectivity index (χ1v) is 7.27. The van der Waals surface area contributed by atoms with Crippen LogP contribution in [-0.4, -0.2) is 35.8 Å². The molecule has 0 saturated carbocycles. The van der Waals surface area contributed by atoms with Crippen molar-refractivity contribution in [3.8, 4) is 5.75 Å². The topological polar surface area (TPSA) is 84.6 Å². The van der Waals surface area contributed by atoms with E-state index in [0.717, 1.165) is 12.3 Å². The molecule has 0 saturated heterocycles. The SMILES string of the molecule is CCNC(=NCc1noc(C)n1)NCCOc1ccccc1. The van der Waals surface area contributed by atoms with Crippen LogP contribution in [0.5, 0.6) is 5.75 Å². The molecule has 2 aromatic rings. The maximum absolute atomic E-state index is 5.62. The summed E-state index contributed by atoms with van der Waals surface area (Å²) in [4.78, 5) is 8.51. The summed E-state index contributed by atoms with van der Waals surface area (Å²) >= 11 is 0. The molecule has 7 nitrogen and oxygen atoms in total. The van der Waals surface area contributed by atoms with Gasteiger partial charge in [0.15, 0.2) is 11.8 Å². The van der Waals surface area contributed by atoms with Gasteiger partial charge in [-0.15, -0.1) is 0 Å². The number of aromatic nitrogens is 2. The van der Waals surface area contributed by atoms with Crippen LogP contribution in [0.3, 0.4) is 0 Å². The molecule has 0 radical (unpaired) electrons. The van der Waals surface area contributed by atoms with Gasteiger partial charge in [-0.1, -0.05) is 23.4 Å². The number of ether oxygens (including phenoxy) is 1. The molecule has 1 heterocycles. The van der Waals surface area contributed by atoms with Gasteiger partial charge < -0.3 is 19.9 Å². The van der Waals surface area contributed by atoms with Crippen molar-refractivity contribution in [2.45, 2.75) is 20.4 Å². The first-order chi connectivity index (χ1) is 10.8. The smallest absolute Gasteiger partial charge is 0.223 e. The Morgan fingerprint density at radius 2 is 2.09 bits per heavy atom. The third-order valence-electron chi connectivity index (χ3n) is 2.70. The minimum absolute atomic E-state index is 0.367. The highest BCUT2D eigenvalue weighted by atomic mass is 16.5. The van der Waals surface area contributed by atoms with Crippen molar-refractivity contribution in [1.82, 2.24) is 20.8 Å². The molecule has 0 fully saturated rings. The Morgan fingerprint density at radius 3 is 2.77 bits per heavy atom. The van der Waals surface area contributed by atoms with E-state index < -0.39 is 0 Å². The zero-order valence-corrected chi connectivity index (χ0v) is 12.9. The average molecular weight is 303 g/mol. The predicted octanol–water partition coefficient (Wildman–Crippen LogP) is 1.51. The van der Waals surface area contributed by atoms with Crippen LogP contribution in [0.1, 0.15) is 18.6 Å². The molecular weight excluding hydrogens is 282 g/mol. The molecule has 118 valence electrons. The summed E-state index contributed by atoms with van der Waals surface area (Å²) in [6.07, 6.45) is 0. The average Bonchev–Trinajstić information content (AvgIpc) is 2.95. The Hall–Kier alpha value is -2.57. The van der Waals surface area contributed by atoms with E-state index in [1.54, 1.807) is 6.92 Å². The van der Waals surface area contributed by atoms with Crippen LogP contribution < -0.4 is 15.4 Å². The summed E-state index contributed by atoms with van der Waals surface area (Å²) in [5, 5.41) is 10.2. The highest BCUT2D eigenvalue weighted by Gasteiger charge is 2.02. The van der Waals surface area contributed by atoms with Gasteiger partial charge in [-0.3, -0.25) is 0 Å². The second kappa shape index (κ2) is 8.66. The van der Waals surface area contributed by atoms with Crippen molar-refractivity contribution in [2.75, 3.05) is 19.7 Å². The number of nitrogens with one attached hydrogen (secondary N) is 2. The van der Waals surface area contributed by atoms with Gasteiger partial charge in [0, 0.05) is 13.5 Å². The number of rotatable bonds is 7. The van der Waals surface area contributed by atoms with Crippen LogP contribution in [0, 0.1) is 6.92 Å². The number of aliphatic imine (C=N–C) groups is 1. The van der Waals surface area contributed by atoms with Crippen molar-refractivity contribution in [2.24, 2.45) is 4.99 Å². The Kier molecular flexibility index (Phi) is 6.22. The Morgan fingerprint density at radius 1 is 1.27 bits per heavy atom. The largest absolute Gasteiger partial charge is 0.492 e. The summed E-state index contributed by atoms with van der Waals surface area (Å²) in [7, 11) is 0. The molecule has 0 aliphatic heterocycles. The molecule has 22 heavy (non-hydrogen) atoms. The zero-order valence-electron chi connectivity index (χ0n) is 12.9. The number of benzene rings is 1. The van der Waals surface area contributed by atoms with Crippen LogP contribution >= 0.6 is 0 Å². The summed E-state index contributed by atoms with van der Waals surface area (Å²) < 4.78 is 10.5. The first-order valence-electron chi connectivity index (χ1n) is 7.27. The maximum Gasteiger partial charge on any atom is 0.223 e. The zero-order chi connectivity index (χ0) is 15.6. The number of hydrogen-bond donors (Lipinski definition) is 2. The summed E-state index contributed by atoms with van der Waals surface area (Å²) in [6, 6.07) is 9.71. The van der Waals surface area contributed by atoms with E-state index in [-0.39, 0.29) is 0 Å². The van der Waals surface area contributed by atoms with Gasteiger partial charge in [0.1, 0.15) is 18.9 Å². The van der Waals surface area contributed by atoms with Crippen LogP contribution in [0.25, 0.3) is 0 Å². The van der Waals surface area contributed by atoms with Gasteiger partial charge in [-0.2, -0.15) is 4.98 Å². The molecule has 0 atom stereocenters. The van der Waals surface area contributed by atoms with E-state index >= 15 is 0 Å². The first kappa shape index (κ1) is 15.8. The lowest BCUT2D eigenvalue weighted by Crippen LogP contribution is -2.39. The van der Waals surface area contributed by atoms with E-state index in [9.17, 15) is 0 Å². The Labute approximate surface area is 129 Å². The Bertz CT molecular complexity index is 583. The van der Waals surface area contributed by atoms with Gasteiger partial charge in [-0.05, 0) is 19.1 Å². The second-order valence-electron chi connectivity index (χ2n) is 4.51. The van der Waals surface area contributed by atoms with Crippen molar-refractivity contribution in [3.63, 3.8) is 0 Å². The number of para-hydroxylation sites is 1. The van der Waals surface area contributed by atoms with E-state index in [0.29, 0.717) is 37.4 Å². The highest BCUT2D eigenvalue weighted by molar-refractivity contribution is 5.79. The van der Waals surface area contributed by atoms with Gasteiger partial charge in [0.25, 0.3) is 0 Å². The highest BCUT2D eigenvalue weighted by Crippen LogP contribution is 2.07.